The Balaban J connectivity index is 2.26. The van der Waals surface area contributed by atoms with Crippen molar-refractivity contribution >= 4 is 46.0 Å². The van der Waals surface area contributed by atoms with E-state index in [0.29, 0.717) is 12.3 Å². The predicted molar refractivity (Wildman–Crippen MR) is 88.4 cm³/mol. The maximum atomic E-state index is 12.0. The summed E-state index contributed by atoms with van der Waals surface area (Å²) < 4.78 is 6.13. The molecule has 0 saturated heterocycles. The third kappa shape index (κ3) is 3.25. The van der Waals surface area contributed by atoms with Crippen LogP contribution in [0.1, 0.15) is 19.4 Å². The summed E-state index contributed by atoms with van der Waals surface area (Å²) in [6.07, 6.45) is 1.02. The number of thioether (sulfide) groups is 1. The predicted octanol–water partition coefficient (Wildman–Crippen LogP) is 3.93. The van der Waals surface area contributed by atoms with Gasteiger partial charge < -0.3 is 9.64 Å². The Morgan fingerprint density at radius 1 is 1.37 bits per heavy atom. The molecule has 1 heterocycles. The molecule has 0 aromatic heterocycles. The zero-order valence-corrected chi connectivity index (χ0v) is 14.0. The van der Waals surface area contributed by atoms with Crippen LogP contribution in [0.5, 0.6) is 0 Å². The highest BCUT2D eigenvalue weighted by atomic mass is 127. The van der Waals surface area contributed by atoms with Crippen LogP contribution in [0.4, 0.5) is 5.69 Å². The number of benzene rings is 1. The average molecular weight is 389 g/mol. The lowest BCUT2D eigenvalue weighted by Gasteiger charge is -2.20. The van der Waals surface area contributed by atoms with Gasteiger partial charge in [0.05, 0.1) is 15.4 Å². The van der Waals surface area contributed by atoms with Gasteiger partial charge in [0.2, 0.25) is 0 Å². The molecule has 0 bridgehead atoms. The van der Waals surface area contributed by atoms with Crippen molar-refractivity contribution in [3.05, 3.63) is 38.4 Å². The second kappa shape index (κ2) is 6.65. The molecule has 102 valence electrons. The molecule has 0 radical (unpaired) electrons. The molecule has 0 N–H and O–H groups in total. The van der Waals surface area contributed by atoms with Crippen LogP contribution in [0.25, 0.3) is 0 Å². The van der Waals surface area contributed by atoms with Crippen molar-refractivity contribution in [2.45, 2.75) is 20.3 Å². The summed E-state index contributed by atoms with van der Waals surface area (Å²) in [5, 5.41) is 0. The molecular formula is C14H16INO2S. The van der Waals surface area contributed by atoms with E-state index < -0.39 is 0 Å². The minimum Gasteiger partial charge on any atom is -0.461 e. The molecule has 0 unspecified atom stereocenters. The molecule has 0 saturated carbocycles. The molecule has 19 heavy (non-hydrogen) atoms. The fourth-order valence-corrected chi connectivity index (χ4v) is 3.65. The van der Waals surface area contributed by atoms with Gasteiger partial charge in [0.25, 0.3) is 0 Å². The Morgan fingerprint density at radius 2 is 2.05 bits per heavy atom. The number of anilines is 1. The van der Waals surface area contributed by atoms with E-state index in [4.69, 9.17) is 4.74 Å². The van der Waals surface area contributed by atoms with E-state index in [9.17, 15) is 4.79 Å². The molecule has 1 aromatic rings. The van der Waals surface area contributed by atoms with Crippen LogP contribution in [0.2, 0.25) is 0 Å². The number of aryl methyl sites for hydroxylation is 1. The zero-order valence-electron chi connectivity index (χ0n) is 11.0. The summed E-state index contributed by atoms with van der Waals surface area (Å²) in [5.41, 5.74) is 3.00. The van der Waals surface area contributed by atoms with Crippen LogP contribution in [-0.2, 0) is 16.0 Å². The van der Waals surface area contributed by atoms with Gasteiger partial charge >= 0.3 is 5.97 Å². The van der Waals surface area contributed by atoms with Gasteiger partial charge in [0, 0.05) is 5.69 Å². The molecule has 1 aliphatic rings. The molecule has 1 aliphatic heterocycles. The average Bonchev–Trinajstić information content (AvgIpc) is 2.81. The molecule has 1 aromatic carbocycles. The maximum Gasteiger partial charge on any atom is 0.356 e. The summed E-state index contributed by atoms with van der Waals surface area (Å²) in [7, 11) is 0. The van der Waals surface area contributed by atoms with Gasteiger partial charge in [-0.15, -0.1) is 0 Å². The lowest BCUT2D eigenvalue weighted by Crippen LogP contribution is -2.25. The highest BCUT2D eigenvalue weighted by Crippen LogP contribution is 2.40. The molecule has 0 aliphatic carbocycles. The van der Waals surface area contributed by atoms with Crippen molar-refractivity contribution in [2.75, 3.05) is 17.4 Å². The third-order valence-electron chi connectivity index (χ3n) is 2.90. The molecule has 3 nitrogen and oxygen atoms in total. The Hall–Kier alpha value is -0.690. The molecule has 5 heteroatoms. The van der Waals surface area contributed by atoms with Crippen LogP contribution in [0, 0.1) is 0 Å². The number of rotatable bonds is 4. The fraction of sp³-hybridized carbons (Fsp3) is 0.357. The standard InChI is InChI=1S/C14H16INO2S/c1-3-10-5-7-11(8-6-10)16-9-19-13(15)12(16)14(17)18-4-2/h5-8H,3-4,9H2,1-2H3. The van der Waals surface area contributed by atoms with E-state index in [1.165, 1.54) is 5.56 Å². The van der Waals surface area contributed by atoms with Crippen molar-refractivity contribution in [1.29, 1.82) is 0 Å². The normalized spacial score (nSPS) is 15.0. The van der Waals surface area contributed by atoms with Crippen LogP contribution in [0.15, 0.2) is 32.9 Å². The molecule has 2 rings (SSSR count). The van der Waals surface area contributed by atoms with Crippen LogP contribution in [-0.4, -0.2) is 18.5 Å². The van der Waals surface area contributed by atoms with Crippen molar-refractivity contribution in [3.63, 3.8) is 0 Å². The Morgan fingerprint density at radius 3 is 2.63 bits per heavy atom. The minimum absolute atomic E-state index is 0.239. The maximum absolute atomic E-state index is 12.0. The van der Waals surface area contributed by atoms with E-state index in [1.54, 1.807) is 11.8 Å². The van der Waals surface area contributed by atoms with E-state index >= 15 is 0 Å². The summed E-state index contributed by atoms with van der Waals surface area (Å²) in [6.45, 7) is 4.36. The number of hydrogen-bond acceptors (Lipinski definition) is 4. The Labute approximate surface area is 131 Å². The van der Waals surface area contributed by atoms with Gasteiger partial charge in [-0.25, -0.2) is 4.79 Å². The van der Waals surface area contributed by atoms with E-state index in [1.807, 2.05) is 11.8 Å². The molecule has 0 amide bonds. The fourth-order valence-electron chi connectivity index (χ4n) is 1.87. The quantitative estimate of drug-likeness (QED) is 0.577. The summed E-state index contributed by atoms with van der Waals surface area (Å²) in [4.78, 5) is 14.0. The zero-order chi connectivity index (χ0) is 13.8. The SMILES string of the molecule is CCOC(=O)C1=C(I)SCN1c1ccc(CC)cc1. The molecule has 0 fully saturated rings. The summed E-state index contributed by atoms with van der Waals surface area (Å²) >= 11 is 3.87. The van der Waals surface area contributed by atoms with Crippen LogP contribution < -0.4 is 4.90 Å². The number of esters is 1. The number of nitrogens with zero attached hydrogens (tertiary/aromatic N) is 1. The number of halogens is 1. The van der Waals surface area contributed by atoms with Crippen LogP contribution >= 0.6 is 34.4 Å². The first kappa shape index (κ1) is 14.7. The lowest BCUT2D eigenvalue weighted by molar-refractivity contribution is -0.138. The van der Waals surface area contributed by atoms with Gasteiger partial charge in [-0.1, -0.05) is 30.8 Å². The molecular weight excluding hydrogens is 373 g/mol. The number of ether oxygens (including phenoxy) is 1. The number of hydrogen-bond donors (Lipinski definition) is 0. The van der Waals surface area contributed by atoms with Gasteiger partial charge in [0.15, 0.2) is 0 Å². The summed E-state index contributed by atoms with van der Waals surface area (Å²) in [5.74, 6) is 0.522. The first-order valence-electron chi connectivity index (χ1n) is 6.23. The number of carbonyl (C=O) groups is 1. The van der Waals surface area contributed by atoms with Crippen molar-refractivity contribution in [2.24, 2.45) is 0 Å². The van der Waals surface area contributed by atoms with E-state index in [-0.39, 0.29) is 5.97 Å². The van der Waals surface area contributed by atoms with Gasteiger partial charge in [0.1, 0.15) is 5.70 Å². The highest BCUT2D eigenvalue weighted by Gasteiger charge is 2.29. The second-order valence-corrected chi connectivity index (χ2v) is 6.83. The Kier molecular flexibility index (Phi) is 5.15. The second-order valence-electron chi connectivity index (χ2n) is 4.06. The van der Waals surface area contributed by atoms with Gasteiger partial charge in [-0.05, 0) is 53.6 Å². The van der Waals surface area contributed by atoms with E-state index in [2.05, 4.69) is 53.8 Å². The molecule has 0 atom stereocenters. The lowest BCUT2D eigenvalue weighted by atomic mass is 10.1. The highest BCUT2D eigenvalue weighted by molar-refractivity contribution is 14.1. The van der Waals surface area contributed by atoms with E-state index in [0.717, 1.165) is 20.9 Å². The van der Waals surface area contributed by atoms with Crippen LogP contribution in [0.3, 0.4) is 0 Å². The first-order chi connectivity index (χ1) is 9.17. The minimum atomic E-state index is -0.239. The first-order valence-corrected chi connectivity index (χ1v) is 8.30. The Bertz CT molecular complexity index is 499. The summed E-state index contributed by atoms with van der Waals surface area (Å²) in [6, 6.07) is 8.34. The van der Waals surface area contributed by atoms with Gasteiger partial charge in [-0.2, -0.15) is 0 Å². The topological polar surface area (TPSA) is 29.5 Å². The van der Waals surface area contributed by atoms with Crippen molar-refractivity contribution < 1.29 is 9.53 Å². The van der Waals surface area contributed by atoms with Crippen molar-refractivity contribution in [3.8, 4) is 0 Å². The third-order valence-corrected chi connectivity index (χ3v) is 5.18. The van der Waals surface area contributed by atoms with Crippen molar-refractivity contribution in [1.82, 2.24) is 0 Å². The largest absolute Gasteiger partial charge is 0.461 e. The molecule has 0 spiro atoms. The monoisotopic (exact) mass is 389 g/mol. The van der Waals surface area contributed by atoms with Gasteiger partial charge in [-0.3, -0.25) is 0 Å². The number of carbonyl (C=O) groups excluding carboxylic acids is 1. The smallest absolute Gasteiger partial charge is 0.356 e.